The van der Waals surface area contributed by atoms with Crippen molar-refractivity contribution in [1.29, 1.82) is 0 Å². The van der Waals surface area contributed by atoms with Gasteiger partial charge in [0, 0.05) is 6.54 Å². The Bertz CT molecular complexity index is 477. The van der Waals surface area contributed by atoms with Crippen molar-refractivity contribution in [3.05, 3.63) is 11.9 Å². The Labute approximate surface area is 121 Å². The van der Waals surface area contributed by atoms with Gasteiger partial charge in [-0.1, -0.05) is 6.92 Å². The predicted octanol–water partition coefficient (Wildman–Crippen LogP) is 3.24. The van der Waals surface area contributed by atoms with E-state index in [0.29, 0.717) is 18.0 Å². The van der Waals surface area contributed by atoms with Crippen molar-refractivity contribution in [2.45, 2.75) is 57.3 Å². The molecule has 1 aliphatic rings. The molecule has 0 amide bonds. The summed E-state index contributed by atoms with van der Waals surface area (Å²) in [7, 11) is 1.47. The zero-order chi connectivity index (χ0) is 15.7. The number of rotatable bonds is 4. The van der Waals surface area contributed by atoms with Crippen LogP contribution in [0.2, 0.25) is 0 Å². The van der Waals surface area contributed by atoms with Crippen LogP contribution in [0, 0.1) is 5.92 Å². The summed E-state index contributed by atoms with van der Waals surface area (Å²) in [5.41, 5.74) is -0.786. The molecule has 0 bridgehead atoms. The average Bonchev–Trinajstić information content (AvgIpc) is 2.82. The second-order valence-corrected chi connectivity index (χ2v) is 5.63. The van der Waals surface area contributed by atoms with Gasteiger partial charge in [-0.25, -0.2) is 0 Å². The van der Waals surface area contributed by atoms with Crippen molar-refractivity contribution >= 4 is 0 Å². The molecule has 1 aliphatic carbocycles. The van der Waals surface area contributed by atoms with Crippen LogP contribution in [-0.2, 0) is 12.1 Å². The van der Waals surface area contributed by atoms with Crippen molar-refractivity contribution < 1.29 is 23.0 Å². The molecule has 7 heteroatoms. The lowest BCUT2D eigenvalue weighted by Crippen LogP contribution is -2.38. The molecule has 4 nitrogen and oxygen atoms in total. The number of methoxy groups -OCH3 is 1. The topological polar surface area (TPSA) is 47.3 Å². The quantitative estimate of drug-likeness (QED) is 0.929. The molecule has 1 heterocycles. The summed E-state index contributed by atoms with van der Waals surface area (Å²) in [6.07, 6.45) is -1.85. The van der Waals surface area contributed by atoms with Gasteiger partial charge in [0.05, 0.1) is 19.2 Å². The summed E-state index contributed by atoms with van der Waals surface area (Å²) < 4.78 is 45.1. The maximum Gasteiger partial charge on any atom is 0.391 e. The van der Waals surface area contributed by atoms with Crippen LogP contribution in [0.15, 0.2) is 6.20 Å². The lowest BCUT2D eigenvalue weighted by atomic mass is 9.76. The van der Waals surface area contributed by atoms with Crippen molar-refractivity contribution in [2.75, 3.05) is 7.11 Å². The molecule has 1 aromatic rings. The van der Waals surface area contributed by atoms with Crippen LogP contribution in [-0.4, -0.2) is 28.2 Å². The highest BCUT2D eigenvalue weighted by atomic mass is 19.4. The first kappa shape index (κ1) is 16.1. The van der Waals surface area contributed by atoms with Gasteiger partial charge < -0.3 is 9.84 Å². The molecule has 0 saturated heterocycles. The minimum absolute atomic E-state index is 0.0690. The number of ether oxygens (including phenoxy) is 1. The van der Waals surface area contributed by atoms with E-state index in [0.717, 1.165) is 6.42 Å². The van der Waals surface area contributed by atoms with E-state index in [9.17, 15) is 18.3 Å². The van der Waals surface area contributed by atoms with Gasteiger partial charge >= 0.3 is 6.18 Å². The maximum atomic E-state index is 12.8. The van der Waals surface area contributed by atoms with Gasteiger partial charge in [-0.3, -0.25) is 4.68 Å². The molecule has 2 rings (SSSR count). The first-order chi connectivity index (χ1) is 9.81. The average molecular weight is 306 g/mol. The molecule has 0 aliphatic heterocycles. The summed E-state index contributed by atoms with van der Waals surface area (Å²) in [5.74, 6) is -0.886. The van der Waals surface area contributed by atoms with Crippen LogP contribution in [0.5, 0.6) is 5.75 Å². The molecular weight excluding hydrogens is 285 g/mol. The largest absolute Gasteiger partial charge is 0.493 e. The fraction of sp³-hybridized carbons (Fsp3) is 0.786. The van der Waals surface area contributed by atoms with E-state index < -0.39 is 17.7 Å². The highest BCUT2D eigenvalue weighted by molar-refractivity contribution is 5.31. The van der Waals surface area contributed by atoms with E-state index in [-0.39, 0.29) is 25.7 Å². The number of aryl methyl sites for hydroxylation is 1. The number of halogens is 3. The minimum atomic E-state index is -4.19. The Morgan fingerprint density at radius 2 is 2.05 bits per heavy atom. The predicted molar refractivity (Wildman–Crippen MR) is 71.0 cm³/mol. The summed E-state index contributed by atoms with van der Waals surface area (Å²) in [4.78, 5) is 0. The highest BCUT2D eigenvalue weighted by Crippen LogP contribution is 2.47. The zero-order valence-electron chi connectivity index (χ0n) is 12.3. The Kier molecular flexibility index (Phi) is 4.51. The SMILES string of the molecule is CCCn1ncc(OC)c1C1(O)CCC(C(F)(F)F)CC1. The van der Waals surface area contributed by atoms with Gasteiger partial charge in [0.1, 0.15) is 11.3 Å². The van der Waals surface area contributed by atoms with Crippen LogP contribution < -0.4 is 4.74 Å². The molecule has 0 aromatic carbocycles. The van der Waals surface area contributed by atoms with E-state index in [1.165, 1.54) is 13.3 Å². The van der Waals surface area contributed by atoms with Gasteiger partial charge in [-0.15, -0.1) is 0 Å². The molecule has 0 atom stereocenters. The first-order valence-electron chi connectivity index (χ1n) is 7.21. The van der Waals surface area contributed by atoms with Crippen LogP contribution in [0.3, 0.4) is 0 Å². The lowest BCUT2D eigenvalue weighted by molar-refractivity contribution is -0.193. The number of hydrogen-bond acceptors (Lipinski definition) is 3. The van der Waals surface area contributed by atoms with E-state index in [2.05, 4.69) is 5.10 Å². The third kappa shape index (κ3) is 3.17. The smallest absolute Gasteiger partial charge is 0.391 e. The molecule has 1 saturated carbocycles. The molecule has 1 aromatic heterocycles. The standard InChI is InChI=1S/C14H21F3N2O2/c1-3-8-19-12(11(21-2)9-18-19)13(20)6-4-10(5-7-13)14(15,16)17/h9-10,20H,3-8H2,1-2H3. The third-order valence-corrected chi connectivity index (χ3v) is 4.18. The second kappa shape index (κ2) is 5.87. The normalized spacial score (nSPS) is 26.9. The Morgan fingerprint density at radius 1 is 1.43 bits per heavy atom. The molecular formula is C14H21F3N2O2. The first-order valence-corrected chi connectivity index (χ1v) is 7.21. The molecule has 120 valence electrons. The fourth-order valence-electron chi connectivity index (χ4n) is 3.03. The minimum Gasteiger partial charge on any atom is -0.493 e. The van der Waals surface area contributed by atoms with E-state index in [1.807, 2.05) is 6.92 Å². The third-order valence-electron chi connectivity index (χ3n) is 4.18. The van der Waals surface area contributed by atoms with Gasteiger partial charge in [0.25, 0.3) is 0 Å². The van der Waals surface area contributed by atoms with Crippen molar-refractivity contribution in [3.8, 4) is 5.75 Å². The molecule has 0 spiro atoms. The Hall–Kier alpha value is -1.24. The van der Waals surface area contributed by atoms with Gasteiger partial charge in [0.2, 0.25) is 0 Å². The van der Waals surface area contributed by atoms with Crippen LogP contribution in [0.1, 0.15) is 44.7 Å². The van der Waals surface area contributed by atoms with E-state index in [1.54, 1.807) is 4.68 Å². The summed E-state index contributed by atoms with van der Waals surface area (Å²) in [6, 6.07) is 0. The number of nitrogens with zero attached hydrogens (tertiary/aromatic N) is 2. The van der Waals surface area contributed by atoms with Crippen molar-refractivity contribution in [3.63, 3.8) is 0 Å². The fourth-order valence-corrected chi connectivity index (χ4v) is 3.03. The van der Waals surface area contributed by atoms with Gasteiger partial charge in [0.15, 0.2) is 5.75 Å². The zero-order valence-corrected chi connectivity index (χ0v) is 12.3. The molecule has 21 heavy (non-hydrogen) atoms. The van der Waals surface area contributed by atoms with Crippen LogP contribution in [0.4, 0.5) is 13.2 Å². The monoisotopic (exact) mass is 306 g/mol. The van der Waals surface area contributed by atoms with Crippen molar-refractivity contribution in [1.82, 2.24) is 9.78 Å². The van der Waals surface area contributed by atoms with E-state index in [4.69, 9.17) is 4.74 Å². The number of aliphatic hydroxyl groups is 1. The molecule has 0 radical (unpaired) electrons. The maximum absolute atomic E-state index is 12.8. The number of hydrogen-bond donors (Lipinski definition) is 1. The Balaban J connectivity index is 2.24. The van der Waals surface area contributed by atoms with E-state index >= 15 is 0 Å². The van der Waals surface area contributed by atoms with Crippen LogP contribution in [0.25, 0.3) is 0 Å². The summed E-state index contributed by atoms with van der Waals surface area (Å²) >= 11 is 0. The molecule has 1 N–H and O–H groups in total. The Morgan fingerprint density at radius 3 is 2.52 bits per heavy atom. The van der Waals surface area contributed by atoms with Crippen LogP contribution >= 0.6 is 0 Å². The number of aromatic nitrogens is 2. The molecule has 1 fully saturated rings. The second-order valence-electron chi connectivity index (χ2n) is 5.63. The van der Waals surface area contributed by atoms with Gasteiger partial charge in [-0.2, -0.15) is 18.3 Å². The van der Waals surface area contributed by atoms with Crippen molar-refractivity contribution in [2.24, 2.45) is 5.92 Å². The number of alkyl halides is 3. The lowest BCUT2D eigenvalue weighted by Gasteiger charge is -2.37. The molecule has 0 unspecified atom stereocenters. The summed E-state index contributed by atoms with van der Waals surface area (Å²) in [5, 5.41) is 15.0. The highest BCUT2D eigenvalue weighted by Gasteiger charge is 2.47. The summed E-state index contributed by atoms with van der Waals surface area (Å²) in [6.45, 7) is 2.58. The van der Waals surface area contributed by atoms with Gasteiger partial charge in [-0.05, 0) is 32.1 Å².